The molecule has 0 spiro atoms. The predicted octanol–water partition coefficient (Wildman–Crippen LogP) is 4.20. The average molecular weight is 427 g/mol. The number of amides is 1. The Morgan fingerprint density at radius 2 is 1.80 bits per heavy atom. The van der Waals surface area contributed by atoms with E-state index in [-0.39, 0.29) is 29.1 Å². The van der Waals surface area contributed by atoms with E-state index in [4.69, 9.17) is 14.3 Å². The molecule has 2 aromatic carbocycles. The maximum Gasteiger partial charge on any atom is 0.335 e. The summed E-state index contributed by atoms with van der Waals surface area (Å²) < 4.78 is 11.1. The molecule has 1 aromatic heterocycles. The highest BCUT2D eigenvalue weighted by atomic mass is 32.2. The van der Waals surface area contributed by atoms with Crippen molar-refractivity contribution in [2.24, 2.45) is 0 Å². The van der Waals surface area contributed by atoms with Gasteiger partial charge in [0.05, 0.1) is 11.3 Å². The zero-order chi connectivity index (χ0) is 21.5. The molecule has 8 nitrogen and oxygen atoms in total. The Morgan fingerprint density at radius 1 is 1.10 bits per heavy atom. The molecule has 0 aliphatic carbocycles. The molecule has 3 rings (SSSR count). The molecule has 0 unspecified atom stereocenters. The lowest BCUT2D eigenvalue weighted by Gasteiger charge is -2.07. The summed E-state index contributed by atoms with van der Waals surface area (Å²) >= 11 is 1.10. The van der Waals surface area contributed by atoms with Crippen LogP contribution >= 0.6 is 11.8 Å². The lowest BCUT2D eigenvalue weighted by atomic mass is 10.0. The van der Waals surface area contributed by atoms with E-state index in [9.17, 15) is 9.59 Å². The topological polar surface area (TPSA) is 115 Å². The third-order valence-electron chi connectivity index (χ3n) is 4.10. The second kappa shape index (κ2) is 9.93. The number of nitrogens with one attached hydrogen (secondary N) is 1. The summed E-state index contributed by atoms with van der Waals surface area (Å²) in [5.74, 6) is 0.252. The molecule has 9 heteroatoms. The Morgan fingerprint density at radius 3 is 2.43 bits per heavy atom. The number of benzene rings is 2. The van der Waals surface area contributed by atoms with Crippen LogP contribution in [-0.2, 0) is 11.4 Å². The van der Waals surface area contributed by atoms with Crippen molar-refractivity contribution in [1.29, 1.82) is 0 Å². The minimum atomic E-state index is -1.02. The van der Waals surface area contributed by atoms with E-state index >= 15 is 0 Å². The van der Waals surface area contributed by atoms with E-state index in [1.54, 1.807) is 0 Å². The minimum Gasteiger partial charge on any atom is -0.484 e. The zero-order valence-corrected chi connectivity index (χ0v) is 17.3. The van der Waals surface area contributed by atoms with Crippen molar-refractivity contribution in [3.63, 3.8) is 0 Å². The van der Waals surface area contributed by atoms with Crippen molar-refractivity contribution in [2.45, 2.75) is 31.6 Å². The number of carboxylic acid groups (broad SMARTS) is 1. The van der Waals surface area contributed by atoms with E-state index in [0.717, 1.165) is 11.8 Å². The van der Waals surface area contributed by atoms with Crippen molar-refractivity contribution in [2.75, 3.05) is 11.1 Å². The molecule has 2 N–H and O–H groups in total. The summed E-state index contributed by atoms with van der Waals surface area (Å²) in [6.07, 6.45) is 0. The van der Waals surface area contributed by atoms with Crippen LogP contribution in [0, 0.1) is 0 Å². The molecular formula is C21H21N3O5S. The number of carbonyl (C=O) groups excluding carboxylic acids is 1. The van der Waals surface area contributed by atoms with Crippen LogP contribution in [0.3, 0.4) is 0 Å². The maximum absolute atomic E-state index is 12.0. The van der Waals surface area contributed by atoms with Gasteiger partial charge in [-0.1, -0.05) is 37.7 Å². The second-order valence-electron chi connectivity index (χ2n) is 6.69. The van der Waals surface area contributed by atoms with Crippen molar-refractivity contribution < 1.29 is 23.8 Å². The summed E-state index contributed by atoms with van der Waals surface area (Å²) in [5.41, 5.74) is 1.89. The standard InChI is InChI=1S/C21H21N3O5S/c1-13(2)14-5-9-17(10-6-14)28-11-19-23-24-21(29-19)30-12-18(25)22-16-7-3-15(4-8-16)20(26)27/h3-10,13H,11-12H2,1-2H3,(H,22,25)(H,26,27). The normalized spacial score (nSPS) is 10.8. The minimum absolute atomic E-state index is 0.0693. The smallest absolute Gasteiger partial charge is 0.335 e. The van der Waals surface area contributed by atoms with Gasteiger partial charge in [-0.15, -0.1) is 10.2 Å². The van der Waals surface area contributed by atoms with Crippen molar-refractivity contribution >= 4 is 29.3 Å². The molecular weight excluding hydrogens is 406 g/mol. The second-order valence-corrected chi connectivity index (χ2v) is 7.62. The number of hydrogen-bond donors (Lipinski definition) is 2. The highest BCUT2D eigenvalue weighted by molar-refractivity contribution is 7.99. The molecule has 3 aromatic rings. The molecule has 0 fully saturated rings. The van der Waals surface area contributed by atoms with Gasteiger partial charge in [0, 0.05) is 5.69 Å². The molecule has 0 aliphatic rings. The lowest BCUT2D eigenvalue weighted by molar-refractivity contribution is -0.113. The van der Waals surface area contributed by atoms with Gasteiger partial charge in [0.2, 0.25) is 5.91 Å². The van der Waals surface area contributed by atoms with Gasteiger partial charge in [0.1, 0.15) is 5.75 Å². The van der Waals surface area contributed by atoms with Crippen molar-refractivity contribution in [3.05, 3.63) is 65.5 Å². The molecule has 1 heterocycles. The number of carboxylic acids is 1. The number of thioether (sulfide) groups is 1. The quantitative estimate of drug-likeness (QED) is 0.488. The summed E-state index contributed by atoms with van der Waals surface area (Å²) in [6, 6.07) is 13.7. The van der Waals surface area contributed by atoms with Crippen LogP contribution < -0.4 is 10.1 Å². The van der Waals surface area contributed by atoms with Crippen LogP contribution in [0.2, 0.25) is 0 Å². The number of nitrogens with zero attached hydrogens (tertiary/aromatic N) is 2. The number of aromatic carboxylic acids is 1. The van der Waals surface area contributed by atoms with Gasteiger partial charge in [-0.2, -0.15) is 0 Å². The van der Waals surface area contributed by atoms with E-state index in [1.807, 2.05) is 24.3 Å². The van der Waals surface area contributed by atoms with E-state index in [2.05, 4.69) is 29.4 Å². The highest BCUT2D eigenvalue weighted by Crippen LogP contribution is 2.21. The number of rotatable bonds is 9. The van der Waals surface area contributed by atoms with Crippen LogP contribution in [0.15, 0.2) is 58.2 Å². The third-order valence-corrected chi connectivity index (χ3v) is 4.92. The number of anilines is 1. The fourth-order valence-corrected chi connectivity index (χ4v) is 3.05. The summed E-state index contributed by atoms with van der Waals surface area (Å²) in [5, 5.41) is 19.6. The van der Waals surface area contributed by atoms with Gasteiger partial charge in [0.25, 0.3) is 11.1 Å². The Hall–Kier alpha value is -3.33. The van der Waals surface area contributed by atoms with Crippen molar-refractivity contribution in [1.82, 2.24) is 10.2 Å². The number of carbonyl (C=O) groups is 2. The van der Waals surface area contributed by atoms with Crippen LogP contribution in [-0.4, -0.2) is 32.9 Å². The van der Waals surface area contributed by atoms with Crippen molar-refractivity contribution in [3.8, 4) is 5.75 Å². The number of hydrogen-bond acceptors (Lipinski definition) is 7. The SMILES string of the molecule is CC(C)c1ccc(OCc2nnc(SCC(=O)Nc3ccc(C(=O)O)cc3)o2)cc1. The first-order chi connectivity index (χ1) is 14.4. The van der Waals surface area contributed by atoms with Gasteiger partial charge >= 0.3 is 5.97 Å². The fraction of sp³-hybridized carbons (Fsp3) is 0.238. The molecule has 156 valence electrons. The molecule has 30 heavy (non-hydrogen) atoms. The fourth-order valence-electron chi connectivity index (χ4n) is 2.47. The monoisotopic (exact) mass is 427 g/mol. The van der Waals surface area contributed by atoms with Crippen LogP contribution in [0.25, 0.3) is 0 Å². The van der Waals surface area contributed by atoms with Gasteiger partial charge in [-0.3, -0.25) is 4.79 Å². The molecule has 0 saturated carbocycles. The molecule has 0 radical (unpaired) electrons. The number of ether oxygens (including phenoxy) is 1. The van der Waals surface area contributed by atoms with E-state index < -0.39 is 5.97 Å². The van der Waals surface area contributed by atoms with Crippen LogP contribution in [0.4, 0.5) is 5.69 Å². The maximum atomic E-state index is 12.0. The summed E-state index contributed by atoms with van der Waals surface area (Å²) in [4.78, 5) is 22.9. The first kappa shape index (κ1) is 21.4. The highest BCUT2D eigenvalue weighted by Gasteiger charge is 2.11. The van der Waals surface area contributed by atoms with Gasteiger partial charge in [0.15, 0.2) is 6.61 Å². The molecule has 0 aliphatic heterocycles. The Bertz CT molecular complexity index is 1000. The summed E-state index contributed by atoms with van der Waals surface area (Å²) in [7, 11) is 0. The molecule has 0 saturated heterocycles. The average Bonchev–Trinajstić information content (AvgIpc) is 3.19. The molecule has 1 amide bonds. The van der Waals surface area contributed by atoms with Gasteiger partial charge in [-0.05, 0) is 47.9 Å². The Kier molecular flexibility index (Phi) is 7.08. The third kappa shape index (κ3) is 6.08. The largest absolute Gasteiger partial charge is 0.484 e. The Balaban J connectivity index is 1.44. The van der Waals surface area contributed by atoms with E-state index in [0.29, 0.717) is 23.2 Å². The molecule has 0 bridgehead atoms. The lowest BCUT2D eigenvalue weighted by Crippen LogP contribution is -2.14. The number of aromatic nitrogens is 2. The first-order valence-corrected chi connectivity index (χ1v) is 10.2. The first-order valence-electron chi connectivity index (χ1n) is 9.22. The van der Waals surface area contributed by atoms with E-state index in [1.165, 1.54) is 29.8 Å². The van der Waals surface area contributed by atoms with Gasteiger partial charge in [-0.25, -0.2) is 4.79 Å². The van der Waals surface area contributed by atoms with Crippen LogP contribution in [0.1, 0.15) is 41.6 Å². The Labute approximate surface area is 177 Å². The summed E-state index contributed by atoms with van der Waals surface area (Å²) in [6.45, 7) is 4.39. The van der Waals surface area contributed by atoms with Crippen LogP contribution in [0.5, 0.6) is 5.75 Å². The predicted molar refractivity (Wildman–Crippen MR) is 112 cm³/mol. The zero-order valence-electron chi connectivity index (χ0n) is 16.5. The molecule has 0 atom stereocenters. The van der Waals surface area contributed by atoms with Gasteiger partial charge < -0.3 is 19.6 Å².